The molecule has 5 rings (SSSR count). The van der Waals surface area contributed by atoms with Gasteiger partial charge in [0.2, 0.25) is 0 Å². The molecule has 1 aliphatic heterocycles. The number of rotatable bonds is 4. The highest BCUT2D eigenvalue weighted by molar-refractivity contribution is 5.99. The van der Waals surface area contributed by atoms with E-state index in [0.717, 1.165) is 23.1 Å². The summed E-state index contributed by atoms with van der Waals surface area (Å²) in [5.74, 6) is 1.49. The molecule has 0 spiro atoms. The number of ether oxygens (including phenoxy) is 2. The molecule has 0 saturated heterocycles. The van der Waals surface area contributed by atoms with Gasteiger partial charge in [0.1, 0.15) is 24.5 Å². The van der Waals surface area contributed by atoms with Gasteiger partial charge in [-0.2, -0.15) is 0 Å². The van der Waals surface area contributed by atoms with Crippen molar-refractivity contribution in [3.63, 3.8) is 0 Å². The van der Waals surface area contributed by atoms with Crippen LogP contribution in [-0.4, -0.2) is 23.1 Å². The Kier molecular flexibility index (Phi) is 4.32. The van der Waals surface area contributed by atoms with E-state index in [9.17, 15) is 4.39 Å². The molecule has 7 heteroatoms. The molecule has 0 atom stereocenters. The van der Waals surface area contributed by atoms with Crippen LogP contribution >= 0.6 is 0 Å². The van der Waals surface area contributed by atoms with Crippen LogP contribution in [0.15, 0.2) is 67.0 Å². The zero-order valence-corrected chi connectivity index (χ0v) is 15.4. The van der Waals surface area contributed by atoms with E-state index in [0.29, 0.717) is 29.6 Å². The lowest BCUT2D eigenvalue weighted by Gasteiger charge is -2.21. The molecule has 6 nitrogen and oxygen atoms in total. The van der Waals surface area contributed by atoms with Gasteiger partial charge in [0.25, 0.3) is 0 Å². The van der Waals surface area contributed by atoms with Crippen molar-refractivity contribution in [1.82, 2.24) is 9.97 Å². The molecule has 0 fully saturated rings. The quantitative estimate of drug-likeness (QED) is 0.506. The number of hydrogen-bond acceptors (Lipinski definition) is 6. The molecule has 144 valence electrons. The molecule has 2 heterocycles. The van der Waals surface area contributed by atoms with E-state index in [1.54, 1.807) is 24.3 Å². The highest BCUT2D eigenvalue weighted by atomic mass is 19.1. The lowest BCUT2D eigenvalue weighted by molar-refractivity contribution is 0.327. The molecule has 29 heavy (non-hydrogen) atoms. The Bertz CT molecular complexity index is 1180. The second-order valence-electron chi connectivity index (χ2n) is 6.52. The summed E-state index contributed by atoms with van der Waals surface area (Å²) < 4.78 is 26.0. The van der Waals surface area contributed by atoms with Gasteiger partial charge in [0, 0.05) is 18.3 Å². The largest absolute Gasteiger partial charge is 0.489 e. The van der Waals surface area contributed by atoms with Gasteiger partial charge in [-0.05, 0) is 36.4 Å². The van der Waals surface area contributed by atoms with Crippen molar-refractivity contribution in [2.24, 2.45) is 0 Å². The summed E-state index contributed by atoms with van der Waals surface area (Å²) in [6.07, 6.45) is 1.47. The Morgan fingerprint density at radius 2 is 1.93 bits per heavy atom. The first-order valence-corrected chi connectivity index (χ1v) is 9.22. The second-order valence-corrected chi connectivity index (χ2v) is 6.52. The molecule has 1 aliphatic rings. The van der Waals surface area contributed by atoms with E-state index in [4.69, 9.17) is 9.47 Å². The third-order valence-corrected chi connectivity index (χ3v) is 4.59. The number of nitrogens with zero attached hydrogens (tertiary/aromatic N) is 2. The normalized spacial score (nSPS) is 12.6. The summed E-state index contributed by atoms with van der Waals surface area (Å²) in [6, 6.07) is 17.6. The van der Waals surface area contributed by atoms with Gasteiger partial charge < -0.3 is 20.1 Å². The van der Waals surface area contributed by atoms with Gasteiger partial charge in [-0.25, -0.2) is 14.4 Å². The van der Waals surface area contributed by atoms with Crippen molar-refractivity contribution >= 4 is 28.1 Å². The molecule has 0 saturated carbocycles. The van der Waals surface area contributed by atoms with Crippen LogP contribution in [0.3, 0.4) is 0 Å². The van der Waals surface area contributed by atoms with Crippen LogP contribution in [0.25, 0.3) is 10.9 Å². The predicted octanol–water partition coefficient (Wildman–Crippen LogP) is 5.11. The van der Waals surface area contributed by atoms with Gasteiger partial charge in [-0.3, -0.25) is 0 Å². The zero-order valence-electron chi connectivity index (χ0n) is 15.4. The minimum Gasteiger partial charge on any atom is -0.489 e. The fourth-order valence-corrected chi connectivity index (χ4v) is 3.26. The van der Waals surface area contributed by atoms with Crippen molar-refractivity contribution in [3.05, 3.63) is 72.8 Å². The number of halogens is 1. The fourth-order valence-electron chi connectivity index (χ4n) is 3.26. The van der Waals surface area contributed by atoms with Crippen LogP contribution in [0, 0.1) is 5.82 Å². The van der Waals surface area contributed by atoms with Crippen molar-refractivity contribution < 1.29 is 13.9 Å². The molecule has 0 unspecified atom stereocenters. The van der Waals surface area contributed by atoms with Crippen LogP contribution in [0.1, 0.15) is 0 Å². The summed E-state index contributed by atoms with van der Waals surface area (Å²) in [6.45, 7) is 1.30. The lowest BCUT2D eigenvalue weighted by Crippen LogP contribution is -2.18. The minimum absolute atomic E-state index is 0.152. The highest BCUT2D eigenvalue weighted by Gasteiger charge is 2.18. The van der Waals surface area contributed by atoms with Gasteiger partial charge in [0.15, 0.2) is 17.3 Å². The van der Waals surface area contributed by atoms with E-state index in [1.165, 1.54) is 12.4 Å². The molecular weight excluding hydrogens is 371 g/mol. The molecule has 2 N–H and O–H groups in total. The molecule has 0 radical (unpaired) electrons. The Morgan fingerprint density at radius 3 is 2.79 bits per heavy atom. The van der Waals surface area contributed by atoms with Gasteiger partial charge in [-0.1, -0.05) is 18.2 Å². The monoisotopic (exact) mass is 388 g/mol. The van der Waals surface area contributed by atoms with Crippen LogP contribution in [-0.2, 0) is 0 Å². The first kappa shape index (κ1) is 17.2. The Balaban J connectivity index is 1.47. The summed E-state index contributed by atoms with van der Waals surface area (Å²) in [5, 5.41) is 7.23. The zero-order chi connectivity index (χ0) is 19.6. The predicted molar refractivity (Wildman–Crippen MR) is 110 cm³/mol. The fraction of sp³-hybridized carbons (Fsp3) is 0.0909. The average molecular weight is 388 g/mol. The summed E-state index contributed by atoms with van der Waals surface area (Å²) in [5.41, 5.74) is 2.18. The second kappa shape index (κ2) is 7.27. The molecule has 4 aromatic rings. The molecule has 0 aliphatic carbocycles. The van der Waals surface area contributed by atoms with Crippen LogP contribution in [0.5, 0.6) is 17.2 Å². The number of nitrogens with one attached hydrogen (secondary N) is 2. The smallest absolute Gasteiger partial charge is 0.167 e. The SMILES string of the molecule is Fc1cc(Nc2ncnc3ccc4c(c23)OCCN4)ccc1Oc1ccccc1. The number of anilines is 3. The third kappa shape index (κ3) is 3.38. The maximum atomic E-state index is 14.6. The summed E-state index contributed by atoms with van der Waals surface area (Å²) in [4.78, 5) is 8.66. The molecule has 0 amide bonds. The van der Waals surface area contributed by atoms with Crippen LogP contribution < -0.4 is 20.1 Å². The Morgan fingerprint density at radius 1 is 1.03 bits per heavy atom. The van der Waals surface area contributed by atoms with Crippen molar-refractivity contribution in [2.75, 3.05) is 23.8 Å². The van der Waals surface area contributed by atoms with E-state index < -0.39 is 5.82 Å². The van der Waals surface area contributed by atoms with Crippen LogP contribution in [0.4, 0.5) is 21.6 Å². The van der Waals surface area contributed by atoms with Crippen molar-refractivity contribution in [2.45, 2.75) is 0 Å². The lowest BCUT2D eigenvalue weighted by atomic mass is 10.1. The topological polar surface area (TPSA) is 68.3 Å². The third-order valence-electron chi connectivity index (χ3n) is 4.59. The molecular formula is C22H17FN4O2. The number of para-hydroxylation sites is 1. The van der Waals surface area contributed by atoms with Crippen LogP contribution in [0.2, 0.25) is 0 Å². The van der Waals surface area contributed by atoms with E-state index in [2.05, 4.69) is 20.6 Å². The minimum atomic E-state index is -0.475. The Hall–Kier alpha value is -3.87. The molecule has 3 aromatic carbocycles. The number of hydrogen-bond donors (Lipinski definition) is 2. The van der Waals surface area contributed by atoms with E-state index in [-0.39, 0.29) is 5.75 Å². The first-order chi connectivity index (χ1) is 14.3. The number of fused-ring (bicyclic) bond motifs is 3. The molecule has 1 aromatic heterocycles. The van der Waals surface area contributed by atoms with E-state index >= 15 is 0 Å². The molecule has 0 bridgehead atoms. The maximum Gasteiger partial charge on any atom is 0.167 e. The van der Waals surface area contributed by atoms with Gasteiger partial charge in [-0.15, -0.1) is 0 Å². The highest BCUT2D eigenvalue weighted by Crippen LogP contribution is 2.39. The van der Waals surface area contributed by atoms with Gasteiger partial charge in [0.05, 0.1) is 16.6 Å². The van der Waals surface area contributed by atoms with E-state index in [1.807, 2.05) is 30.3 Å². The Labute approximate surface area is 166 Å². The maximum absolute atomic E-state index is 14.6. The number of aromatic nitrogens is 2. The van der Waals surface area contributed by atoms with Crippen molar-refractivity contribution in [3.8, 4) is 17.2 Å². The standard InChI is InChI=1S/C22H17FN4O2/c23-16-12-14(6-9-19(16)29-15-4-2-1-3-5-15)27-22-20-17(25-13-26-22)7-8-18-21(20)28-11-10-24-18/h1-9,12-13,24H,10-11H2,(H,25,26,27). The van der Waals surface area contributed by atoms with Crippen molar-refractivity contribution in [1.29, 1.82) is 0 Å². The first-order valence-electron chi connectivity index (χ1n) is 9.22. The summed E-state index contributed by atoms with van der Waals surface area (Å²) >= 11 is 0. The summed E-state index contributed by atoms with van der Waals surface area (Å²) in [7, 11) is 0. The van der Waals surface area contributed by atoms with Gasteiger partial charge >= 0.3 is 0 Å². The number of benzene rings is 3. The average Bonchev–Trinajstić information content (AvgIpc) is 2.76.